The molecule has 2 spiro atoms. The van der Waals surface area contributed by atoms with Gasteiger partial charge in [-0.2, -0.15) is 4.98 Å². The smallest absolute Gasteiger partial charge is 0.239 e. The molecule has 2 N–H and O–H groups in total. The highest BCUT2D eigenvalue weighted by Gasteiger charge is 2.62. The van der Waals surface area contributed by atoms with Crippen molar-refractivity contribution in [2.75, 3.05) is 80.4 Å². The number of nitrogens with zero attached hydrogens (tertiary/aromatic N) is 8. The summed E-state index contributed by atoms with van der Waals surface area (Å²) in [5.74, 6) is 2.13. The summed E-state index contributed by atoms with van der Waals surface area (Å²) in [6.45, 7) is 11.4. The van der Waals surface area contributed by atoms with E-state index in [1.54, 1.807) is 7.05 Å². The molecule has 2 aliphatic carbocycles. The lowest BCUT2D eigenvalue weighted by Gasteiger charge is -2.59. The maximum absolute atomic E-state index is 13.4. The van der Waals surface area contributed by atoms with Crippen molar-refractivity contribution in [1.29, 1.82) is 0 Å². The number of likely N-dealkylation sites (tertiary alicyclic amines) is 1. The number of imide groups is 1. The molecule has 60 heavy (non-hydrogen) atoms. The van der Waals surface area contributed by atoms with Gasteiger partial charge in [0.05, 0.1) is 16.8 Å². The Morgan fingerprint density at radius 1 is 1.03 bits per heavy atom. The van der Waals surface area contributed by atoms with Gasteiger partial charge < -0.3 is 24.8 Å². The molecule has 5 fully saturated rings. The average Bonchev–Trinajstić information content (AvgIpc) is 3.87. The van der Waals surface area contributed by atoms with Crippen LogP contribution in [0.3, 0.4) is 0 Å². The van der Waals surface area contributed by atoms with E-state index in [-0.39, 0.29) is 23.8 Å². The van der Waals surface area contributed by atoms with Crippen LogP contribution in [-0.2, 0) is 35.8 Å². The number of anilines is 4. The third-order valence-corrected chi connectivity index (χ3v) is 14.8. The van der Waals surface area contributed by atoms with E-state index < -0.39 is 0 Å². The van der Waals surface area contributed by atoms with Crippen molar-refractivity contribution in [3.05, 3.63) is 35.5 Å². The Bertz CT molecular complexity index is 1870. The van der Waals surface area contributed by atoms with Crippen LogP contribution in [-0.4, -0.2) is 133 Å². The van der Waals surface area contributed by atoms with Crippen LogP contribution in [0.2, 0.25) is 0 Å². The molecule has 15 nitrogen and oxygen atoms in total. The number of nitrogens with one attached hydrogen (secondary N) is 2. The summed E-state index contributed by atoms with van der Waals surface area (Å²) < 4.78 is 5.06. The van der Waals surface area contributed by atoms with Crippen LogP contribution >= 0.6 is 12.1 Å². The van der Waals surface area contributed by atoms with Gasteiger partial charge in [-0.3, -0.25) is 29.4 Å². The number of aryl methyl sites for hydroxylation is 1. The third kappa shape index (κ3) is 9.51. The molecular weight excluding hydrogens is 781 g/mol. The summed E-state index contributed by atoms with van der Waals surface area (Å²) in [5, 5.41) is 5.75. The Kier molecular flexibility index (Phi) is 13.8. The molecule has 4 amide bonds. The summed E-state index contributed by atoms with van der Waals surface area (Å²) in [4.78, 5) is 74.6. The molecular formula is C44H64N10O5S. The first-order chi connectivity index (χ1) is 28.9. The van der Waals surface area contributed by atoms with Gasteiger partial charge in [-0.25, -0.2) is 13.6 Å². The fraction of sp³-hybridized carbons (Fsp3) is 0.659. The Morgan fingerprint density at radius 2 is 1.78 bits per heavy atom. The van der Waals surface area contributed by atoms with Gasteiger partial charge in [-0.1, -0.05) is 19.4 Å². The van der Waals surface area contributed by atoms with Crippen LogP contribution in [0.25, 0.3) is 0 Å². The number of rotatable bonds is 17. The third-order valence-electron chi connectivity index (χ3n) is 13.7. The first kappa shape index (κ1) is 44.0. The van der Waals surface area contributed by atoms with Crippen LogP contribution in [0, 0.1) is 11.3 Å². The molecule has 0 radical (unpaired) electrons. The number of benzene rings is 1. The van der Waals surface area contributed by atoms with Crippen LogP contribution in [0.5, 0.6) is 0 Å². The molecule has 1 aromatic carbocycles. The Labute approximate surface area is 359 Å². The second kappa shape index (κ2) is 18.9. The average molecular weight is 845 g/mol. The van der Waals surface area contributed by atoms with E-state index >= 15 is 0 Å². The second-order valence-corrected chi connectivity index (χ2v) is 19.5. The predicted molar refractivity (Wildman–Crippen MR) is 236 cm³/mol. The van der Waals surface area contributed by atoms with E-state index in [9.17, 15) is 24.0 Å². The van der Waals surface area contributed by atoms with Crippen LogP contribution in [0.1, 0.15) is 95.6 Å². The summed E-state index contributed by atoms with van der Waals surface area (Å²) in [6, 6.07) is 6.63. The zero-order valence-corrected chi connectivity index (χ0v) is 36.9. The highest BCUT2D eigenvalue weighted by molar-refractivity contribution is 7.94. The van der Waals surface area contributed by atoms with Crippen LogP contribution < -0.4 is 25.3 Å². The van der Waals surface area contributed by atoms with Crippen LogP contribution in [0.4, 0.5) is 23.1 Å². The molecule has 4 aliphatic heterocycles. The molecule has 16 heteroatoms. The van der Waals surface area contributed by atoms with Gasteiger partial charge in [-0.15, -0.1) is 0 Å². The first-order valence-corrected chi connectivity index (χ1v) is 22.7. The minimum atomic E-state index is -0.309. The predicted octanol–water partition coefficient (Wildman–Crippen LogP) is 4.41. The molecule has 1 aromatic heterocycles. The molecule has 2 saturated carbocycles. The maximum atomic E-state index is 13.4. The lowest BCUT2D eigenvalue weighted by molar-refractivity contribution is -0.125. The van der Waals surface area contributed by atoms with E-state index in [1.165, 1.54) is 43.9 Å². The van der Waals surface area contributed by atoms with Crippen molar-refractivity contribution in [2.45, 2.75) is 114 Å². The lowest BCUT2D eigenvalue weighted by Crippen LogP contribution is -2.69. The molecule has 326 valence electrons. The number of aromatic nitrogens is 2. The van der Waals surface area contributed by atoms with E-state index in [2.05, 4.69) is 43.0 Å². The van der Waals surface area contributed by atoms with Crippen molar-refractivity contribution in [1.82, 2.24) is 28.8 Å². The van der Waals surface area contributed by atoms with Crippen molar-refractivity contribution >= 4 is 66.2 Å². The summed E-state index contributed by atoms with van der Waals surface area (Å²) in [6.07, 6.45) is 14.5. The fourth-order valence-corrected chi connectivity index (χ4v) is 11.3. The van der Waals surface area contributed by atoms with Gasteiger partial charge >= 0.3 is 0 Å². The van der Waals surface area contributed by atoms with E-state index in [4.69, 9.17) is 9.97 Å². The molecule has 0 bridgehead atoms. The molecule has 8 rings (SSSR count). The van der Waals surface area contributed by atoms with E-state index in [0.717, 1.165) is 99.1 Å². The normalized spacial score (nSPS) is 23.5. The number of hydrogen-bond acceptors (Lipinski definition) is 13. The minimum absolute atomic E-state index is 0.0344. The van der Waals surface area contributed by atoms with Crippen LogP contribution in [0.15, 0.2) is 24.4 Å². The largest absolute Gasteiger partial charge is 0.370 e. The van der Waals surface area contributed by atoms with Crippen molar-refractivity contribution in [3.63, 3.8) is 0 Å². The number of hydrogen-bond donors (Lipinski definition) is 2. The second-order valence-electron chi connectivity index (χ2n) is 18.3. The number of fused-ring (bicyclic) bond motifs is 2. The summed E-state index contributed by atoms with van der Waals surface area (Å²) in [7, 11) is 5.82. The van der Waals surface area contributed by atoms with Gasteiger partial charge in [0.15, 0.2) is 0 Å². The quantitative estimate of drug-likeness (QED) is 0.132. The van der Waals surface area contributed by atoms with E-state index in [1.807, 2.05) is 55.4 Å². The monoisotopic (exact) mass is 844 g/mol. The van der Waals surface area contributed by atoms with Crippen molar-refractivity contribution in [3.8, 4) is 0 Å². The number of carbonyl (C=O) groups is 5. The molecule has 3 saturated heterocycles. The highest BCUT2D eigenvalue weighted by atomic mass is 32.2. The fourth-order valence-electron chi connectivity index (χ4n) is 9.98. The number of carbonyl (C=O) groups excluding carboxylic acids is 5. The summed E-state index contributed by atoms with van der Waals surface area (Å²) in [5.41, 5.74) is 4.08. The van der Waals surface area contributed by atoms with Crippen molar-refractivity contribution in [2.24, 2.45) is 11.3 Å². The standard InChI is InChI=1S/C25H37N7OS.C19H27N3O4/c1-17-4-3-5-20(17)32-21-19(25(8-9-25)22(32)33)12-26-23(28-21)27-18-6-10-30(11-7-18)34-31-15-24(16-31)13-29(2)14-24;1-15(7-10-19(26)20-13-24)22(3)17-9-8-16(6-4-5-11-23)12-18(17)21(2)14-25/h12,17-18,20H,3-11,13-16H2,1-2H3,(H,26,27,28);8-9,11-15H,4-7,10H2,1-3H3,(H,20,24,26). The SMILES string of the molecule is CC(CCC(=O)NC=O)N(C)c1ccc(CCCC=O)cc1N(C)C=O.CC1CCCC1N1C(=O)C2(CC2)c2cnc(NC3CCN(SN4CC5(CN(C)C5)C4)CC3)nc21. The highest BCUT2D eigenvalue weighted by Crippen LogP contribution is 2.58. The Morgan fingerprint density at radius 3 is 2.42 bits per heavy atom. The Balaban J connectivity index is 0.000000190. The van der Waals surface area contributed by atoms with E-state index in [0.29, 0.717) is 54.5 Å². The zero-order valence-electron chi connectivity index (χ0n) is 36.1. The van der Waals surface area contributed by atoms with Gasteiger partial charge in [-0.05, 0) is 95.4 Å². The molecule has 6 aliphatic rings. The van der Waals surface area contributed by atoms with Gasteiger partial charge in [0.1, 0.15) is 12.1 Å². The number of piperidine rings is 1. The molecule has 5 heterocycles. The van der Waals surface area contributed by atoms with Gasteiger partial charge in [0, 0.05) is 114 Å². The number of aldehydes is 1. The molecule has 3 unspecified atom stereocenters. The van der Waals surface area contributed by atoms with Gasteiger partial charge in [0.25, 0.3) is 0 Å². The minimum Gasteiger partial charge on any atom is -0.370 e. The lowest BCUT2D eigenvalue weighted by atomic mass is 9.75. The zero-order chi connectivity index (χ0) is 42.6. The molecule has 2 aromatic rings. The maximum Gasteiger partial charge on any atom is 0.239 e. The summed E-state index contributed by atoms with van der Waals surface area (Å²) >= 11 is 1.95. The number of unbranched alkanes of at least 4 members (excludes halogenated alkanes) is 1. The number of amides is 4. The van der Waals surface area contributed by atoms with Gasteiger partial charge in [0.2, 0.25) is 30.6 Å². The Hall–Kier alpha value is -4.12. The van der Waals surface area contributed by atoms with Crippen molar-refractivity contribution < 1.29 is 24.0 Å². The first-order valence-electron chi connectivity index (χ1n) is 21.9. The molecule has 3 atom stereocenters. The topological polar surface area (TPSA) is 155 Å².